The number of Topliss-reactive ketones (excluding diaryl/α,β-unsaturated/α-hetero) is 1. The van der Waals surface area contributed by atoms with Crippen LogP contribution in [0, 0.1) is 26.9 Å². The molecule has 0 saturated carbocycles. The van der Waals surface area contributed by atoms with Crippen molar-refractivity contribution in [1.29, 1.82) is 5.26 Å². The average Bonchev–Trinajstić information content (AvgIpc) is 3.01. The molecule has 5 rings (SSSR count). The van der Waals surface area contributed by atoms with Gasteiger partial charge in [0.2, 0.25) is 5.91 Å². The van der Waals surface area contributed by atoms with Crippen LogP contribution >= 0.6 is 0 Å². The lowest BCUT2D eigenvalue weighted by Crippen LogP contribution is -2.53. The largest absolute Gasteiger partial charge is 0.384 e. The molecule has 2 aliphatic heterocycles. The first-order valence-electron chi connectivity index (χ1n) is 11.1. The lowest BCUT2D eigenvalue weighted by Gasteiger charge is -2.46. The number of allylic oxidation sites excluding steroid dienone is 1. The molecule has 0 aromatic heterocycles. The molecule has 9 heteroatoms. The standard InChI is InChI=1S/C26H23N5O4/c1-25(2)12-20-22(21(32)13-25)26(17-6-4-5-7-19(17)29(3)24(26)33)18(14-27)23(28)30(20)15-8-10-16(11-9-15)31(34)35/h4-11H,12-13,28H2,1-3H3. The fourth-order valence-corrected chi connectivity index (χ4v) is 5.68. The van der Waals surface area contributed by atoms with Gasteiger partial charge >= 0.3 is 0 Å². The quantitative estimate of drug-likeness (QED) is 0.524. The van der Waals surface area contributed by atoms with Crippen molar-refractivity contribution >= 4 is 28.8 Å². The molecule has 0 saturated heterocycles. The van der Waals surface area contributed by atoms with Crippen molar-refractivity contribution in [2.75, 3.05) is 16.8 Å². The Bertz CT molecular complexity index is 1430. The van der Waals surface area contributed by atoms with Gasteiger partial charge in [0.25, 0.3) is 5.69 Å². The number of rotatable bonds is 2. The SMILES string of the molecule is CN1C(=O)C2(C(C#N)=C(N)N(c3ccc([N+](=O)[O-])cc3)C3=C2C(=O)CC(C)(C)C3)c2ccccc21. The van der Waals surface area contributed by atoms with Crippen LogP contribution in [0.5, 0.6) is 0 Å². The van der Waals surface area contributed by atoms with Crippen LogP contribution in [0.25, 0.3) is 0 Å². The van der Waals surface area contributed by atoms with Crippen molar-refractivity contribution in [3.05, 3.63) is 86.9 Å². The fourth-order valence-electron chi connectivity index (χ4n) is 5.68. The summed E-state index contributed by atoms with van der Waals surface area (Å²) in [6.45, 7) is 3.93. The highest BCUT2D eigenvalue weighted by molar-refractivity contribution is 6.20. The molecule has 1 amide bonds. The molecule has 1 unspecified atom stereocenters. The van der Waals surface area contributed by atoms with Crippen LogP contribution in [-0.2, 0) is 15.0 Å². The number of nitro groups is 1. The van der Waals surface area contributed by atoms with Gasteiger partial charge in [-0.15, -0.1) is 0 Å². The van der Waals surface area contributed by atoms with Crippen molar-refractivity contribution < 1.29 is 14.5 Å². The van der Waals surface area contributed by atoms with Gasteiger partial charge in [-0.2, -0.15) is 5.26 Å². The predicted octanol–water partition coefficient (Wildman–Crippen LogP) is 3.67. The van der Waals surface area contributed by atoms with Gasteiger partial charge in [0.05, 0.1) is 10.5 Å². The average molecular weight is 470 g/mol. The number of fused-ring (bicyclic) bond motifs is 3. The number of likely N-dealkylation sites (N-methyl/N-ethyl adjacent to an activating group) is 1. The van der Waals surface area contributed by atoms with Crippen LogP contribution in [0.2, 0.25) is 0 Å². The second-order valence-electron chi connectivity index (χ2n) is 9.87. The number of nitrogens with zero attached hydrogens (tertiary/aromatic N) is 4. The number of para-hydroxylation sites is 1. The molecule has 176 valence electrons. The summed E-state index contributed by atoms with van der Waals surface area (Å²) in [5, 5.41) is 21.5. The summed E-state index contributed by atoms with van der Waals surface area (Å²) in [7, 11) is 1.63. The lowest BCUT2D eigenvalue weighted by molar-refractivity contribution is -0.384. The number of hydrogen-bond donors (Lipinski definition) is 1. The van der Waals surface area contributed by atoms with E-state index in [4.69, 9.17) is 5.73 Å². The molecule has 9 nitrogen and oxygen atoms in total. The summed E-state index contributed by atoms with van der Waals surface area (Å²) in [6, 6.07) is 15.0. The summed E-state index contributed by atoms with van der Waals surface area (Å²) in [4.78, 5) is 41.6. The Morgan fingerprint density at radius 3 is 2.37 bits per heavy atom. The van der Waals surface area contributed by atoms with Crippen molar-refractivity contribution in [3.8, 4) is 6.07 Å². The monoisotopic (exact) mass is 469 g/mol. The van der Waals surface area contributed by atoms with Gasteiger partial charge in [0.15, 0.2) is 5.78 Å². The van der Waals surface area contributed by atoms with Crippen molar-refractivity contribution in [1.82, 2.24) is 0 Å². The van der Waals surface area contributed by atoms with E-state index in [0.29, 0.717) is 29.1 Å². The molecule has 0 bridgehead atoms. The second kappa shape index (κ2) is 7.27. The van der Waals surface area contributed by atoms with E-state index < -0.39 is 21.7 Å². The maximum absolute atomic E-state index is 14.0. The Balaban J connectivity index is 1.87. The van der Waals surface area contributed by atoms with Gasteiger partial charge < -0.3 is 10.6 Å². The topological polar surface area (TPSA) is 134 Å². The van der Waals surface area contributed by atoms with E-state index in [1.165, 1.54) is 29.2 Å². The third kappa shape index (κ3) is 2.86. The van der Waals surface area contributed by atoms with Gasteiger partial charge in [0, 0.05) is 53.8 Å². The maximum Gasteiger partial charge on any atom is 0.269 e. The number of benzene rings is 2. The number of nitro benzene ring substituents is 1. The molecule has 1 atom stereocenters. The summed E-state index contributed by atoms with van der Waals surface area (Å²) >= 11 is 0. The van der Waals surface area contributed by atoms with E-state index in [0.717, 1.165) is 0 Å². The summed E-state index contributed by atoms with van der Waals surface area (Å²) < 4.78 is 0. The predicted molar refractivity (Wildman–Crippen MR) is 129 cm³/mol. The van der Waals surface area contributed by atoms with Crippen LogP contribution in [0.3, 0.4) is 0 Å². The molecular formula is C26H23N5O4. The Hall–Kier alpha value is -4.45. The molecule has 0 radical (unpaired) electrons. The molecule has 2 aromatic rings. The number of non-ortho nitro benzene ring substituents is 1. The van der Waals surface area contributed by atoms with Crippen LogP contribution < -0.4 is 15.5 Å². The third-order valence-corrected chi connectivity index (χ3v) is 7.09. The van der Waals surface area contributed by atoms with Crippen LogP contribution in [-0.4, -0.2) is 23.7 Å². The highest BCUT2D eigenvalue weighted by Crippen LogP contribution is 2.58. The van der Waals surface area contributed by atoms with E-state index in [9.17, 15) is 25.0 Å². The highest BCUT2D eigenvalue weighted by atomic mass is 16.6. The number of ketones is 1. The number of carbonyl (C=O) groups is 2. The second-order valence-corrected chi connectivity index (χ2v) is 9.87. The van der Waals surface area contributed by atoms with Gasteiger partial charge in [0.1, 0.15) is 17.3 Å². The molecule has 3 aliphatic rings. The van der Waals surface area contributed by atoms with E-state index in [2.05, 4.69) is 6.07 Å². The maximum atomic E-state index is 14.0. The normalized spacial score (nSPS) is 22.9. The molecule has 0 fully saturated rings. The Morgan fingerprint density at radius 1 is 1.09 bits per heavy atom. The van der Waals surface area contributed by atoms with Gasteiger partial charge in [-0.3, -0.25) is 24.6 Å². The smallest absolute Gasteiger partial charge is 0.269 e. The van der Waals surface area contributed by atoms with Gasteiger partial charge in [-0.25, -0.2) is 0 Å². The summed E-state index contributed by atoms with van der Waals surface area (Å²) in [5.74, 6) is -0.590. The molecule has 2 N–H and O–H groups in total. The number of amides is 1. The van der Waals surface area contributed by atoms with Crippen molar-refractivity contribution in [2.45, 2.75) is 32.1 Å². The molecule has 1 spiro atoms. The summed E-state index contributed by atoms with van der Waals surface area (Å²) in [6.07, 6.45) is 0.630. The molecular weight excluding hydrogens is 446 g/mol. The van der Waals surface area contributed by atoms with Crippen LogP contribution in [0.4, 0.5) is 17.1 Å². The minimum atomic E-state index is -1.63. The van der Waals surface area contributed by atoms with Crippen molar-refractivity contribution in [2.24, 2.45) is 11.1 Å². The number of anilines is 2. The fraction of sp³-hybridized carbons (Fsp3) is 0.269. The highest BCUT2D eigenvalue weighted by Gasteiger charge is 2.62. The molecule has 2 aromatic carbocycles. The Morgan fingerprint density at radius 2 is 1.74 bits per heavy atom. The van der Waals surface area contributed by atoms with E-state index in [1.54, 1.807) is 36.2 Å². The van der Waals surface area contributed by atoms with Gasteiger partial charge in [-0.1, -0.05) is 32.0 Å². The minimum Gasteiger partial charge on any atom is -0.384 e. The zero-order valence-electron chi connectivity index (χ0n) is 19.5. The lowest BCUT2D eigenvalue weighted by atomic mass is 9.60. The first-order chi connectivity index (χ1) is 16.5. The minimum absolute atomic E-state index is 0.0236. The number of nitriles is 1. The molecule has 2 heterocycles. The van der Waals surface area contributed by atoms with Crippen LogP contribution in [0.15, 0.2) is 71.2 Å². The van der Waals surface area contributed by atoms with E-state index in [1.807, 2.05) is 13.8 Å². The first kappa shape index (κ1) is 22.3. The zero-order chi connectivity index (χ0) is 25.3. The zero-order valence-corrected chi connectivity index (χ0v) is 19.5. The number of carbonyl (C=O) groups excluding carboxylic acids is 2. The number of hydrogen-bond acceptors (Lipinski definition) is 7. The Kier molecular flexibility index (Phi) is 4.64. The Labute approximate surface area is 201 Å². The van der Waals surface area contributed by atoms with Crippen molar-refractivity contribution in [3.63, 3.8) is 0 Å². The number of nitrogens with two attached hydrogens (primary N) is 1. The van der Waals surface area contributed by atoms with E-state index in [-0.39, 0.29) is 34.9 Å². The molecule has 1 aliphatic carbocycles. The van der Waals surface area contributed by atoms with E-state index >= 15 is 0 Å². The van der Waals surface area contributed by atoms with Gasteiger partial charge in [-0.05, 0) is 30.0 Å². The third-order valence-electron chi connectivity index (χ3n) is 7.09. The summed E-state index contributed by atoms with van der Waals surface area (Å²) in [5.41, 5.74) is 6.91. The van der Waals surface area contributed by atoms with Crippen LogP contribution in [0.1, 0.15) is 32.3 Å². The first-order valence-corrected chi connectivity index (χ1v) is 11.1. The molecule has 35 heavy (non-hydrogen) atoms.